The zero-order valence-corrected chi connectivity index (χ0v) is 7.18. The first-order valence-electron chi connectivity index (χ1n) is 4.37. The van der Waals surface area contributed by atoms with Crippen molar-refractivity contribution in [2.24, 2.45) is 11.8 Å². The van der Waals surface area contributed by atoms with Crippen LogP contribution in [0.4, 0.5) is 0 Å². The third kappa shape index (κ3) is 1.92. The van der Waals surface area contributed by atoms with Crippen LogP contribution in [0, 0.1) is 11.8 Å². The van der Waals surface area contributed by atoms with E-state index in [-0.39, 0.29) is 0 Å². The van der Waals surface area contributed by atoms with Gasteiger partial charge in [-0.05, 0) is 32.1 Å². The summed E-state index contributed by atoms with van der Waals surface area (Å²) in [4.78, 5) is 11.1. The van der Waals surface area contributed by atoms with Gasteiger partial charge in [-0.2, -0.15) is 0 Å². The number of allylic oxidation sites excluding steroid dienone is 1. The van der Waals surface area contributed by atoms with Gasteiger partial charge in [-0.3, -0.25) is 4.79 Å². The van der Waals surface area contributed by atoms with Gasteiger partial charge >= 0.3 is 0 Å². The average molecular weight is 152 g/mol. The SMILES string of the molecule is C=CC[C@H]1CCC[C@@H]1C(C)=O. The minimum atomic E-state index is 0.341. The van der Waals surface area contributed by atoms with Gasteiger partial charge in [-0.1, -0.05) is 12.5 Å². The van der Waals surface area contributed by atoms with E-state index in [0.717, 1.165) is 12.8 Å². The summed E-state index contributed by atoms with van der Waals surface area (Å²) in [5.74, 6) is 1.31. The number of Topliss-reactive ketones (excluding diaryl/α,β-unsaturated/α-hetero) is 1. The molecule has 0 aromatic carbocycles. The maximum Gasteiger partial charge on any atom is 0.133 e. The van der Waals surface area contributed by atoms with E-state index in [2.05, 4.69) is 6.58 Å². The Bertz CT molecular complexity index is 160. The summed E-state index contributed by atoms with van der Waals surface area (Å²) in [7, 11) is 0. The van der Waals surface area contributed by atoms with Crippen LogP contribution in [0.15, 0.2) is 12.7 Å². The van der Waals surface area contributed by atoms with Crippen LogP contribution in [-0.2, 0) is 4.79 Å². The van der Waals surface area contributed by atoms with E-state index in [9.17, 15) is 4.79 Å². The van der Waals surface area contributed by atoms with Gasteiger partial charge in [-0.25, -0.2) is 0 Å². The second kappa shape index (κ2) is 3.70. The fourth-order valence-corrected chi connectivity index (χ4v) is 2.07. The van der Waals surface area contributed by atoms with Crippen molar-refractivity contribution >= 4 is 5.78 Å². The van der Waals surface area contributed by atoms with E-state index in [1.54, 1.807) is 6.92 Å². The number of ketones is 1. The topological polar surface area (TPSA) is 17.1 Å². The molecule has 0 spiro atoms. The van der Waals surface area contributed by atoms with Crippen LogP contribution in [0.3, 0.4) is 0 Å². The normalized spacial score (nSPS) is 30.3. The summed E-state index contributed by atoms with van der Waals surface area (Å²) in [6.45, 7) is 5.42. The van der Waals surface area contributed by atoms with Gasteiger partial charge in [-0.15, -0.1) is 6.58 Å². The van der Waals surface area contributed by atoms with Crippen molar-refractivity contribution in [1.82, 2.24) is 0 Å². The molecule has 1 aliphatic rings. The molecule has 1 aliphatic carbocycles. The van der Waals surface area contributed by atoms with Crippen LogP contribution in [0.1, 0.15) is 32.6 Å². The molecule has 1 rings (SSSR count). The summed E-state index contributed by atoms with van der Waals surface area (Å²) >= 11 is 0. The smallest absolute Gasteiger partial charge is 0.133 e. The highest BCUT2D eigenvalue weighted by Gasteiger charge is 2.29. The van der Waals surface area contributed by atoms with Crippen LogP contribution >= 0.6 is 0 Å². The van der Waals surface area contributed by atoms with Crippen LogP contribution in [0.5, 0.6) is 0 Å². The van der Waals surface area contributed by atoms with Crippen LogP contribution in [0.25, 0.3) is 0 Å². The molecule has 1 saturated carbocycles. The average Bonchev–Trinajstić information content (AvgIpc) is 2.36. The Hall–Kier alpha value is -0.590. The zero-order chi connectivity index (χ0) is 8.27. The van der Waals surface area contributed by atoms with Gasteiger partial charge in [0, 0.05) is 5.92 Å². The quantitative estimate of drug-likeness (QED) is 0.568. The number of hydrogen-bond donors (Lipinski definition) is 0. The lowest BCUT2D eigenvalue weighted by molar-refractivity contribution is -0.121. The zero-order valence-electron chi connectivity index (χ0n) is 7.18. The van der Waals surface area contributed by atoms with Gasteiger partial charge in [0.2, 0.25) is 0 Å². The van der Waals surface area contributed by atoms with Crippen molar-refractivity contribution in [1.29, 1.82) is 0 Å². The van der Waals surface area contributed by atoms with Crippen molar-refractivity contribution in [3.05, 3.63) is 12.7 Å². The fraction of sp³-hybridized carbons (Fsp3) is 0.700. The van der Waals surface area contributed by atoms with Gasteiger partial charge in [0.15, 0.2) is 0 Å². The summed E-state index contributed by atoms with van der Waals surface area (Å²) in [6.07, 6.45) is 6.50. The van der Waals surface area contributed by atoms with E-state index in [0.29, 0.717) is 17.6 Å². The van der Waals surface area contributed by atoms with E-state index in [4.69, 9.17) is 0 Å². The van der Waals surface area contributed by atoms with Crippen molar-refractivity contribution in [2.75, 3.05) is 0 Å². The number of rotatable bonds is 3. The standard InChI is InChI=1S/C10H16O/c1-3-5-9-6-4-7-10(9)8(2)11/h3,9-10H,1,4-7H2,2H3/t9-,10+/m0/s1. The van der Waals surface area contributed by atoms with E-state index >= 15 is 0 Å². The lowest BCUT2D eigenvalue weighted by Gasteiger charge is -2.13. The summed E-state index contributed by atoms with van der Waals surface area (Å²) in [6, 6.07) is 0. The Morgan fingerprint density at radius 2 is 2.36 bits per heavy atom. The predicted octanol–water partition coefficient (Wildman–Crippen LogP) is 2.57. The Labute approximate surface area is 68.5 Å². The summed E-state index contributed by atoms with van der Waals surface area (Å²) < 4.78 is 0. The molecule has 62 valence electrons. The van der Waals surface area contributed by atoms with Gasteiger partial charge in [0.25, 0.3) is 0 Å². The molecule has 0 aromatic rings. The fourth-order valence-electron chi connectivity index (χ4n) is 2.07. The van der Waals surface area contributed by atoms with Gasteiger partial charge in [0.05, 0.1) is 0 Å². The second-order valence-electron chi connectivity index (χ2n) is 3.43. The highest BCUT2D eigenvalue weighted by molar-refractivity contribution is 5.78. The van der Waals surface area contributed by atoms with Crippen molar-refractivity contribution in [3.8, 4) is 0 Å². The molecule has 2 atom stereocenters. The molecule has 1 fully saturated rings. The minimum Gasteiger partial charge on any atom is -0.300 e. The van der Waals surface area contributed by atoms with E-state index in [1.165, 1.54) is 12.8 Å². The Morgan fingerprint density at radius 1 is 1.64 bits per heavy atom. The highest BCUT2D eigenvalue weighted by Crippen LogP contribution is 2.34. The molecular formula is C10H16O. The molecule has 0 aromatic heterocycles. The molecule has 1 heteroatoms. The summed E-state index contributed by atoms with van der Waals surface area (Å²) in [5, 5.41) is 0. The first kappa shape index (κ1) is 8.51. The van der Waals surface area contributed by atoms with Crippen LogP contribution in [0.2, 0.25) is 0 Å². The molecule has 0 bridgehead atoms. The first-order chi connectivity index (χ1) is 5.25. The molecule has 11 heavy (non-hydrogen) atoms. The molecule has 0 aliphatic heterocycles. The highest BCUT2D eigenvalue weighted by atomic mass is 16.1. The maximum absolute atomic E-state index is 11.1. The number of hydrogen-bond acceptors (Lipinski definition) is 1. The van der Waals surface area contributed by atoms with Crippen molar-refractivity contribution in [2.45, 2.75) is 32.6 Å². The lowest BCUT2D eigenvalue weighted by Crippen LogP contribution is -2.15. The minimum absolute atomic E-state index is 0.341. The molecule has 0 amide bonds. The molecule has 0 radical (unpaired) electrons. The summed E-state index contributed by atoms with van der Waals surface area (Å²) in [5.41, 5.74) is 0. The van der Waals surface area contributed by atoms with E-state index < -0.39 is 0 Å². The molecule has 0 N–H and O–H groups in total. The molecule has 0 heterocycles. The predicted molar refractivity (Wildman–Crippen MR) is 46.3 cm³/mol. The second-order valence-corrected chi connectivity index (χ2v) is 3.43. The molecule has 0 unspecified atom stereocenters. The molecule has 1 nitrogen and oxygen atoms in total. The molecule has 0 saturated heterocycles. The van der Waals surface area contributed by atoms with Crippen LogP contribution in [-0.4, -0.2) is 5.78 Å². The monoisotopic (exact) mass is 152 g/mol. The van der Waals surface area contributed by atoms with Crippen LogP contribution < -0.4 is 0 Å². The third-order valence-corrected chi connectivity index (χ3v) is 2.65. The van der Waals surface area contributed by atoms with Crippen molar-refractivity contribution in [3.63, 3.8) is 0 Å². The van der Waals surface area contributed by atoms with Gasteiger partial charge < -0.3 is 0 Å². The molecular weight excluding hydrogens is 136 g/mol. The largest absolute Gasteiger partial charge is 0.300 e. The lowest BCUT2D eigenvalue weighted by atomic mass is 9.90. The Balaban J connectivity index is 2.50. The number of carbonyl (C=O) groups excluding carboxylic acids is 1. The van der Waals surface area contributed by atoms with Gasteiger partial charge in [0.1, 0.15) is 5.78 Å². The Morgan fingerprint density at radius 3 is 2.91 bits per heavy atom. The van der Waals surface area contributed by atoms with E-state index in [1.807, 2.05) is 6.08 Å². The maximum atomic E-state index is 11.1. The first-order valence-corrected chi connectivity index (χ1v) is 4.37. The third-order valence-electron chi connectivity index (χ3n) is 2.65. The number of carbonyl (C=O) groups is 1. The van der Waals surface area contributed by atoms with Crippen molar-refractivity contribution < 1.29 is 4.79 Å². The Kier molecular flexibility index (Phi) is 2.86.